The third-order valence-electron chi connectivity index (χ3n) is 3.30. The molecule has 1 unspecified atom stereocenters. The van der Waals surface area contributed by atoms with Crippen molar-refractivity contribution in [3.8, 4) is 0 Å². The average Bonchev–Trinajstić information content (AvgIpc) is 2.55. The molecule has 1 aromatic heterocycles. The molecule has 2 N–H and O–H groups in total. The molecule has 2 rings (SSSR count). The van der Waals surface area contributed by atoms with Crippen LogP contribution in [0, 0.1) is 0 Å². The lowest BCUT2D eigenvalue weighted by molar-refractivity contribution is -0.115. The number of carbonyl (C=O) groups is 1. The normalized spacial score (nSPS) is 12.0. The van der Waals surface area contributed by atoms with Gasteiger partial charge in [0.15, 0.2) is 5.16 Å². The number of thioether (sulfide) groups is 2. The maximum Gasteiger partial charge on any atom is 0.251 e. The van der Waals surface area contributed by atoms with Crippen molar-refractivity contribution >= 4 is 35.1 Å². The van der Waals surface area contributed by atoms with Crippen molar-refractivity contribution in [3.63, 3.8) is 0 Å². The Morgan fingerprint density at radius 3 is 2.83 bits per heavy atom. The number of anilines is 1. The highest BCUT2D eigenvalue weighted by atomic mass is 32.2. The van der Waals surface area contributed by atoms with Crippen molar-refractivity contribution in [1.82, 2.24) is 9.97 Å². The molecule has 2 aromatic rings. The first-order chi connectivity index (χ1) is 11.5. The Balaban J connectivity index is 2.07. The molecule has 0 saturated heterocycles. The molecule has 0 fully saturated rings. The molecule has 0 spiro atoms. The molecule has 7 heteroatoms. The minimum atomic E-state index is -0.375. The maximum absolute atomic E-state index is 12.4. The monoisotopic (exact) mass is 363 g/mol. The van der Waals surface area contributed by atoms with Crippen LogP contribution < -0.4 is 10.9 Å². The van der Waals surface area contributed by atoms with Crippen LogP contribution in [0.4, 0.5) is 5.69 Å². The smallest absolute Gasteiger partial charge is 0.251 e. The lowest BCUT2D eigenvalue weighted by atomic mass is 10.2. The number of H-pyrrole nitrogens is 1. The second kappa shape index (κ2) is 8.94. The molecule has 128 valence electrons. The molecule has 0 aliphatic carbocycles. The third-order valence-corrected chi connectivity index (χ3v) is 5.08. The van der Waals surface area contributed by atoms with Crippen LogP contribution in [0.3, 0.4) is 0 Å². The molecule has 5 nitrogen and oxygen atoms in total. The van der Waals surface area contributed by atoms with Crippen LogP contribution in [0.2, 0.25) is 0 Å². The van der Waals surface area contributed by atoms with Crippen molar-refractivity contribution in [2.75, 3.05) is 11.6 Å². The number of aryl methyl sites for hydroxylation is 1. The molecule has 0 aliphatic heterocycles. The summed E-state index contributed by atoms with van der Waals surface area (Å²) in [6.45, 7) is 3.84. The molecule has 1 atom stereocenters. The fourth-order valence-electron chi connectivity index (χ4n) is 2.13. The van der Waals surface area contributed by atoms with Gasteiger partial charge in [-0.1, -0.05) is 37.2 Å². The number of amides is 1. The quantitative estimate of drug-likeness (QED) is 0.581. The molecule has 0 bridgehead atoms. The first kappa shape index (κ1) is 18.6. The number of aromatic nitrogens is 2. The summed E-state index contributed by atoms with van der Waals surface area (Å²) in [6.07, 6.45) is 3.64. The van der Waals surface area contributed by atoms with Crippen LogP contribution in [0.5, 0.6) is 0 Å². The van der Waals surface area contributed by atoms with Gasteiger partial charge in [0, 0.05) is 16.7 Å². The van der Waals surface area contributed by atoms with Gasteiger partial charge in [0.1, 0.15) is 0 Å². The van der Waals surface area contributed by atoms with Gasteiger partial charge in [0.2, 0.25) is 5.91 Å². The number of rotatable bonds is 7. The van der Waals surface area contributed by atoms with E-state index in [1.165, 1.54) is 17.8 Å². The Bertz CT molecular complexity index is 761. The van der Waals surface area contributed by atoms with Crippen LogP contribution in [-0.2, 0) is 11.2 Å². The van der Waals surface area contributed by atoms with E-state index in [9.17, 15) is 9.59 Å². The van der Waals surface area contributed by atoms with Crippen molar-refractivity contribution < 1.29 is 4.79 Å². The van der Waals surface area contributed by atoms with Gasteiger partial charge in [-0.25, -0.2) is 4.98 Å². The lowest BCUT2D eigenvalue weighted by Crippen LogP contribution is -2.23. The summed E-state index contributed by atoms with van der Waals surface area (Å²) in [5, 5.41) is 3.04. The second-order valence-corrected chi connectivity index (χ2v) is 7.42. The van der Waals surface area contributed by atoms with Gasteiger partial charge in [0.05, 0.1) is 10.9 Å². The Morgan fingerprint density at radius 1 is 1.38 bits per heavy atom. The molecular weight excluding hydrogens is 342 g/mol. The summed E-state index contributed by atoms with van der Waals surface area (Å²) in [6, 6.07) is 9.18. The number of nitrogens with one attached hydrogen (secondary N) is 2. The molecule has 0 aliphatic rings. The van der Waals surface area contributed by atoms with Crippen LogP contribution in [0.25, 0.3) is 0 Å². The predicted molar refractivity (Wildman–Crippen MR) is 101 cm³/mol. The molecule has 1 heterocycles. The van der Waals surface area contributed by atoms with E-state index < -0.39 is 0 Å². The molecular formula is C17H21N3O2S2. The van der Waals surface area contributed by atoms with E-state index in [1.807, 2.05) is 37.4 Å². The average molecular weight is 364 g/mol. The van der Waals surface area contributed by atoms with Crippen molar-refractivity contribution in [2.24, 2.45) is 0 Å². The van der Waals surface area contributed by atoms with Gasteiger partial charge in [-0.15, -0.1) is 11.8 Å². The number of benzene rings is 1. The number of carbonyl (C=O) groups excluding carboxylic acids is 1. The number of hydrogen-bond acceptors (Lipinski definition) is 5. The van der Waals surface area contributed by atoms with Crippen molar-refractivity contribution in [3.05, 3.63) is 46.4 Å². The van der Waals surface area contributed by atoms with Gasteiger partial charge >= 0.3 is 0 Å². The zero-order chi connectivity index (χ0) is 17.5. The van der Waals surface area contributed by atoms with Gasteiger partial charge in [-0.05, 0) is 31.7 Å². The minimum absolute atomic E-state index is 0.120. The van der Waals surface area contributed by atoms with E-state index >= 15 is 0 Å². The SMILES string of the molecule is CCCc1cc(=O)[nH]c(SC(C)C(=O)Nc2ccccc2SC)n1. The first-order valence-electron chi connectivity index (χ1n) is 7.74. The Labute approximate surface area is 150 Å². The topological polar surface area (TPSA) is 74.8 Å². The Morgan fingerprint density at radius 2 is 2.12 bits per heavy atom. The Hall–Kier alpha value is -1.73. The zero-order valence-corrected chi connectivity index (χ0v) is 15.6. The third kappa shape index (κ3) is 5.14. The van der Waals surface area contributed by atoms with E-state index in [0.29, 0.717) is 5.16 Å². The molecule has 24 heavy (non-hydrogen) atoms. The van der Waals surface area contributed by atoms with E-state index in [1.54, 1.807) is 18.7 Å². The fraction of sp³-hybridized carbons (Fsp3) is 0.353. The second-order valence-electron chi connectivity index (χ2n) is 5.24. The summed E-state index contributed by atoms with van der Waals surface area (Å²) in [4.78, 5) is 32.2. The van der Waals surface area contributed by atoms with E-state index in [-0.39, 0.29) is 16.7 Å². The summed E-state index contributed by atoms with van der Waals surface area (Å²) in [5.41, 5.74) is 1.36. The van der Waals surface area contributed by atoms with Crippen molar-refractivity contribution in [1.29, 1.82) is 0 Å². The zero-order valence-electron chi connectivity index (χ0n) is 14.0. The van der Waals surface area contributed by atoms with E-state index in [0.717, 1.165) is 29.1 Å². The number of para-hydroxylation sites is 1. The highest BCUT2D eigenvalue weighted by Gasteiger charge is 2.17. The number of hydrogen-bond donors (Lipinski definition) is 2. The lowest BCUT2D eigenvalue weighted by Gasteiger charge is -2.13. The van der Waals surface area contributed by atoms with Gasteiger partial charge in [0.25, 0.3) is 5.56 Å². The molecule has 1 aromatic carbocycles. The van der Waals surface area contributed by atoms with Gasteiger partial charge in [-0.3, -0.25) is 9.59 Å². The van der Waals surface area contributed by atoms with Gasteiger partial charge < -0.3 is 10.3 Å². The standard InChI is InChI=1S/C17H21N3O2S2/c1-4-7-12-10-15(21)20-17(18-12)24-11(2)16(22)19-13-8-5-6-9-14(13)23-3/h5-6,8-11H,4,7H2,1-3H3,(H,19,22)(H,18,20,21). The minimum Gasteiger partial charge on any atom is -0.324 e. The highest BCUT2D eigenvalue weighted by molar-refractivity contribution is 8.00. The largest absolute Gasteiger partial charge is 0.324 e. The van der Waals surface area contributed by atoms with E-state index in [4.69, 9.17) is 0 Å². The number of nitrogens with zero attached hydrogens (tertiary/aromatic N) is 1. The highest BCUT2D eigenvalue weighted by Crippen LogP contribution is 2.26. The molecule has 0 saturated carbocycles. The maximum atomic E-state index is 12.4. The fourth-order valence-corrected chi connectivity index (χ4v) is 3.51. The molecule has 0 radical (unpaired) electrons. The van der Waals surface area contributed by atoms with Crippen LogP contribution >= 0.6 is 23.5 Å². The van der Waals surface area contributed by atoms with Crippen LogP contribution in [0.15, 0.2) is 45.2 Å². The summed E-state index contributed by atoms with van der Waals surface area (Å²) in [7, 11) is 0. The predicted octanol–water partition coefficient (Wildman–Crippen LogP) is 3.56. The first-order valence-corrected chi connectivity index (χ1v) is 9.84. The summed E-state index contributed by atoms with van der Waals surface area (Å²) in [5.74, 6) is -0.120. The van der Waals surface area contributed by atoms with E-state index in [2.05, 4.69) is 15.3 Å². The van der Waals surface area contributed by atoms with Crippen LogP contribution in [0.1, 0.15) is 26.0 Å². The Kier molecular flexibility index (Phi) is 6.93. The van der Waals surface area contributed by atoms with Crippen LogP contribution in [-0.4, -0.2) is 27.4 Å². The summed E-state index contributed by atoms with van der Waals surface area (Å²) >= 11 is 2.83. The van der Waals surface area contributed by atoms with Gasteiger partial charge in [-0.2, -0.15) is 0 Å². The molecule has 1 amide bonds. The summed E-state index contributed by atoms with van der Waals surface area (Å²) < 4.78 is 0. The number of aromatic amines is 1. The van der Waals surface area contributed by atoms with Crippen molar-refractivity contribution in [2.45, 2.75) is 42.0 Å².